The summed E-state index contributed by atoms with van der Waals surface area (Å²) >= 11 is 6.13. The molecule has 0 aromatic heterocycles. The Morgan fingerprint density at radius 2 is 1.61 bits per heavy atom. The van der Waals surface area contributed by atoms with Crippen LogP contribution in [0.3, 0.4) is 0 Å². The molecule has 0 fully saturated rings. The minimum atomic E-state index is -3.91. The van der Waals surface area contributed by atoms with Crippen LogP contribution in [-0.4, -0.2) is 37.8 Å². The van der Waals surface area contributed by atoms with Gasteiger partial charge in [0.25, 0.3) is 5.91 Å². The van der Waals surface area contributed by atoms with Gasteiger partial charge >= 0.3 is 5.97 Å². The molecule has 0 radical (unpaired) electrons. The molecule has 1 N–H and O–H groups in total. The van der Waals surface area contributed by atoms with Crippen LogP contribution in [0.2, 0.25) is 5.02 Å². The number of hydrogen-bond donors (Lipinski definition) is 1. The molecule has 0 heterocycles. The molecule has 0 spiro atoms. The lowest BCUT2D eigenvalue weighted by atomic mass is 10.2. The summed E-state index contributed by atoms with van der Waals surface area (Å²) in [5.74, 6) is -1.43. The highest BCUT2D eigenvalue weighted by Gasteiger charge is 2.26. The quantitative estimate of drug-likeness (QED) is 0.478. The number of esters is 1. The van der Waals surface area contributed by atoms with Gasteiger partial charge in [0, 0.05) is 19.3 Å². The normalized spacial score (nSPS) is 12.2. The summed E-state index contributed by atoms with van der Waals surface area (Å²) in [7, 11) is -2.46. The fourth-order valence-corrected chi connectivity index (χ4v) is 4.35. The standard InChI is InChI=1S/C24H23ClN2O5S/c1-17(23(28)26-19-11-7-4-8-12-19)32-24(29)21-15-20(13-14-22(21)25)33(30,31)27(2)16-18-9-5-3-6-10-18/h3-15,17H,16H2,1-2H3,(H,26,28). The van der Waals surface area contributed by atoms with Crippen molar-refractivity contribution in [2.24, 2.45) is 0 Å². The number of anilines is 1. The average molecular weight is 487 g/mol. The minimum Gasteiger partial charge on any atom is -0.449 e. The Bertz CT molecular complexity index is 1230. The van der Waals surface area contributed by atoms with Gasteiger partial charge in [-0.25, -0.2) is 13.2 Å². The van der Waals surface area contributed by atoms with Gasteiger partial charge in [-0.05, 0) is 42.8 Å². The summed E-state index contributed by atoms with van der Waals surface area (Å²) in [5, 5.41) is 2.65. The Kier molecular flexibility index (Phi) is 7.86. The molecule has 7 nitrogen and oxygen atoms in total. The van der Waals surface area contributed by atoms with Crippen molar-refractivity contribution in [3.05, 3.63) is 95.0 Å². The van der Waals surface area contributed by atoms with Crippen molar-refractivity contribution in [3.63, 3.8) is 0 Å². The van der Waals surface area contributed by atoms with Crippen LogP contribution in [0, 0.1) is 0 Å². The van der Waals surface area contributed by atoms with E-state index < -0.39 is 28.0 Å². The number of nitrogens with one attached hydrogen (secondary N) is 1. The number of rotatable bonds is 8. The molecule has 1 atom stereocenters. The number of benzene rings is 3. The molecular formula is C24H23ClN2O5S. The Morgan fingerprint density at radius 3 is 2.24 bits per heavy atom. The molecule has 172 valence electrons. The second-order valence-corrected chi connectivity index (χ2v) is 9.74. The van der Waals surface area contributed by atoms with Crippen molar-refractivity contribution in [1.29, 1.82) is 0 Å². The second-order valence-electron chi connectivity index (χ2n) is 7.29. The van der Waals surface area contributed by atoms with Crippen molar-refractivity contribution >= 4 is 39.2 Å². The van der Waals surface area contributed by atoms with Crippen molar-refractivity contribution in [2.75, 3.05) is 12.4 Å². The molecule has 33 heavy (non-hydrogen) atoms. The summed E-state index contributed by atoms with van der Waals surface area (Å²) in [4.78, 5) is 24.9. The number of halogens is 1. The van der Waals surface area contributed by atoms with Crippen molar-refractivity contribution in [2.45, 2.75) is 24.5 Å². The number of amides is 1. The zero-order valence-corrected chi connectivity index (χ0v) is 19.6. The minimum absolute atomic E-state index is 0.0142. The Labute approximate surface area is 198 Å². The highest BCUT2D eigenvalue weighted by molar-refractivity contribution is 7.89. The maximum absolute atomic E-state index is 13.0. The van der Waals surface area contributed by atoms with Gasteiger partial charge in [0.15, 0.2) is 6.10 Å². The Balaban J connectivity index is 1.74. The molecule has 1 unspecified atom stereocenters. The lowest BCUT2D eigenvalue weighted by Crippen LogP contribution is -2.30. The predicted octanol–water partition coefficient (Wildman–Crippen LogP) is 4.34. The van der Waals surface area contributed by atoms with E-state index in [2.05, 4.69) is 5.32 Å². The highest BCUT2D eigenvalue weighted by Crippen LogP contribution is 2.24. The molecule has 3 rings (SSSR count). The summed E-state index contributed by atoms with van der Waals surface area (Å²) < 4.78 is 32.5. The zero-order chi connectivity index (χ0) is 24.0. The monoisotopic (exact) mass is 486 g/mol. The SMILES string of the molecule is CC(OC(=O)c1cc(S(=O)(=O)N(C)Cc2ccccc2)ccc1Cl)C(=O)Nc1ccccc1. The summed E-state index contributed by atoms with van der Waals surface area (Å²) in [6.07, 6.45) is -1.13. The predicted molar refractivity (Wildman–Crippen MR) is 126 cm³/mol. The van der Waals surface area contributed by atoms with Crippen LogP contribution in [0.1, 0.15) is 22.8 Å². The van der Waals surface area contributed by atoms with E-state index in [9.17, 15) is 18.0 Å². The van der Waals surface area contributed by atoms with Gasteiger partial charge in [-0.3, -0.25) is 4.79 Å². The number of carbonyl (C=O) groups excluding carboxylic acids is 2. The van der Waals surface area contributed by atoms with Gasteiger partial charge in [-0.15, -0.1) is 0 Å². The largest absolute Gasteiger partial charge is 0.449 e. The van der Waals surface area contributed by atoms with E-state index in [-0.39, 0.29) is 22.0 Å². The third-order valence-electron chi connectivity index (χ3n) is 4.81. The van der Waals surface area contributed by atoms with Crippen molar-refractivity contribution in [3.8, 4) is 0 Å². The molecule has 3 aromatic carbocycles. The molecule has 0 aliphatic heterocycles. The molecule has 3 aromatic rings. The van der Waals surface area contributed by atoms with Crippen LogP contribution < -0.4 is 5.32 Å². The molecule has 0 aliphatic carbocycles. The highest BCUT2D eigenvalue weighted by atomic mass is 35.5. The van der Waals surface area contributed by atoms with Crippen LogP contribution in [0.15, 0.2) is 83.8 Å². The molecule has 1 amide bonds. The molecule has 0 saturated carbocycles. The van der Waals surface area contributed by atoms with E-state index in [1.54, 1.807) is 30.3 Å². The van der Waals surface area contributed by atoms with Gasteiger partial charge in [-0.2, -0.15) is 4.31 Å². The Hall–Kier alpha value is -3.20. The van der Waals surface area contributed by atoms with Gasteiger partial charge in [0.05, 0.1) is 15.5 Å². The number of carbonyl (C=O) groups is 2. The number of sulfonamides is 1. The molecule has 0 aliphatic rings. The maximum Gasteiger partial charge on any atom is 0.340 e. The fourth-order valence-electron chi connectivity index (χ4n) is 2.97. The molecule has 9 heteroatoms. The number of hydrogen-bond acceptors (Lipinski definition) is 5. The van der Waals surface area contributed by atoms with E-state index in [4.69, 9.17) is 16.3 Å². The van der Waals surface area contributed by atoms with Crippen molar-refractivity contribution in [1.82, 2.24) is 4.31 Å². The van der Waals surface area contributed by atoms with Gasteiger partial charge in [-0.1, -0.05) is 60.1 Å². The first-order valence-electron chi connectivity index (χ1n) is 10.0. The van der Waals surface area contributed by atoms with E-state index in [1.807, 2.05) is 30.3 Å². The smallest absolute Gasteiger partial charge is 0.340 e. The summed E-state index contributed by atoms with van der Waals surface area (Å²) in [6, 6.07) is 21.6. The van der Waals surface area contributed by atoms with E-state index in [1.165, 1.54) is 30.4 Å². The average Bonchev–Trinajstić information content (AvgIpc) is 2.80. The van der Waals surface area contributed by atoms with E-state index in [0.717, 1.165) is 11.6 Å². The lowest BCUT2D eigenvalue weighted by Gasteiger charge is -2.18. The Morgan fingerprint density at radius 1 is 1.00 bits per heavy atom. The van der Waals surface area contributed by atoms with Crippen LogP contribution in [0.25, 0.3) is 0 Å². The van der Waals surface area contributed by atoms with Gasteiger partial charge in [0.1, 0.15) is 0 Å². The van der Waals surface area contributed by atoms with Crippen molar-refractivity contribution < 1.29 is 22.7 Å². The maximum atomic E-state index is 13.0. The number of ether oxygens (including phenoxy) is 1. The second kappa shape index (κ2) is 10.6. The molecule has 0 bridgehead atoms. The summed E-state index contributed by atoms with van der Waals surface area (Å²) in [5.41, 5.74) is 1.22. The molecular weight excluding hydrogens is 464 g/mol. The number of para-hydroxylation sites is 1. The first-order valence-corrected chi connectivity index (χ1v) is 11.9. The van der Waals surface area contributed by atoms with Crippen LogP contribution in [-0.2, 0) is 26.1 Å². The van der Waals surface area contributed by atoms with E-state index >= 15 is 0 Å². The zero-order valence-electron chi connectivity index (χ0n) is 18.1. The first kappa shape index (κ1) is 24.4. The van der Waals surface area contributed by atoms with Gasteiger partial charge in [0.2, 0.25) is 10.0 Å². The van der Waals surface area contributed by atoms with Crippen LogP contribution in [0.4, 0.5) is 5.69 Å². The van der Waals surface area contributed by atoms with Crippen LogP contribution in [0.5, 0.6) is 0 Å². The number of nitrogens with zero attached hydrogens (tertiary/aromatic N) is 1. The lowest BCUT2D eigenvalue weighted by molar-refractivity contribution is -0.123. The van der Waals surface area contributed by atoms with Crippen LogP contribution >= 0.6 is 11.6 Å². The summed E-state index contributed by atoms with van der Waals surface area (Å²) in [6.45, 7) is 1.57. The van der Waals surface area contributed by atoms with E-state index in [0.29, 0.717) is 5.69 Å². The first-order chi connectivity index (χ1) is 15.7. The topological polar surface area (TPSA) is 92.8 Å². The third kappa shape index (κ3) is 6.19. The molecule has 0 saturated heterocycles. The van der Waals surface area contributed by atoms with Gasteiger partial charge < -0.3 is 10.1 Å². The third-order valence-corrected chi connectivity index (χ3v) is 6.94. The fraction of sp³-hybridized carbons (Fsp3) is 0.167.